The van der Waals surface area contributed by atoms with Crippen LogP contribution in [0.1, 0.15) is 18.4 Å². The maximum absolute atomic E-state index is 13.8. The molecule has 3 nitrogen and oxygen atoms in total. The van der Waals surface area contributed by atoms with Crippen molar-refractivity contribution in [3.8, 4) is 0 Å². The fourth-order valence-corrected chi connectivity index (χ4v) is 3.15. The summed E-state index contributed by atoms with van der Waals surface area (Å²) in [4.78, 5) is 12.1. The molecule has 1 fully saturated rings. The summed E-state index contributed by atoms with van der Waals surface area (Å²) in [6, 6.07) is 9.96. The monoisotopic (exact) mass is 430 g/mol. The molecule has 2 N–H and O–H groups in total. The molecule has 0 heterocycles. The van der Waals surface area contributed by atoms with E-state index in [4.69, 9.17) is 23.2 Å². The van der Waals surface area contributed by atoms with Crippen LogP contribution in [0.25, 0.3) is 0 Å². The first-order valence-electron chi connectivity index (χ1n) is 7.35. The highest BCUT2D eigenvalue weighted by atomic mass is 79.9. The molecule has 1 saturated carbocycles. The van der Waals surface area contributed by atoms with Gasteiger partial charge in [-0.1, -0.05) is 45.2 Å². The molecule has 0 radical (unpaired) electrons. The zero-order valence-corrected chi connectivity index (χ0v) is 15.6. The zero-order chi connectivity index (χ0) is 17.3. The molecule has 1 aliphatic rings. The molecule has 126 valence electrons. The highest BCUT2D eigenvalue weighted by molar-refractivity contribution is 9.10. The normalized spacial score (nSPS) is 15.2. The van der Waals surface area contributed by atoms with Gasteiger partial charge < -0.3 is 5.32 Å². The Morgan fingerprint density at radius 1 is 1.17 bits per heavy atom. The summed E-state index contributed by atoms with van der Waals surface area (Å²) in [5, 5.41) is 6.79. The van der Waals surface area contributed by atoms with Crippen LogP contribution in [0.5, 0.6) is 0 Å². The van der Waals surface area contributed by atoms with Gasteiger partial charge in [0.2, 0.25) is 5.91 Å². The number of hydrogen-bond acceptors (Lipinski definition) is 2. The summed E-state index contributed by atoms with van der Waals surface area (Å²) >= 11 is 15.2. The summed E-state index contributed by atoms with van der Waals surface area (Å²) < 4.78 is 14.4. The molecule has 2 aromatic carbocycles. The summed E-state index contributed by atoms with van der Waals surface area (Å²) in [6.45, 7) is 0.0791. The average molecular weight is 432 g/mol. The molecular weight excluding hydrogens is 418 g/mol. The van der Waals surface area contributed by atoms with Crippen molar-refractivity contribution in [2.75, 3.05) is 11.9 Å². The molecule has 7 heteroatoms. The van der Waals surface area contributed by atoms with Crippen LogP contribution in [0.15, 0.2) is 40.9 Å². The van der Waals surface area contributed by atoms with E-state index in [1.807, 2.05) is 12.1 Å². The molecule has 1 amide bonds. The van der Waals surface area contributed by atoms with Crippen LogP contribution in [-0.2, 0) is 10.3 Å². The fraction of sp³-hybridized carbons (Fsp3) is 0.235. The standard InChI is InChI=1S/C17H14BrCl2FN2O/c18-11-2-4-15(14(21)8-11)23-16(24)9-22-17(5-6-17)10-1-3-12(19)13(20)7-10/h1-4,7-8,22H,5-6,9H2,(H,23,24). The van der Waals surface area contributed by atoms with Crippen molar-refractivity contribution in [1.29, 1.82) is 0 Å². The lowest BCUT2D eigenvalue weighted by molar-refractivity contribution is -0.115. The number of halogens is 4. The maximum atomic E-state index is 13.8. The number of nitrogens with one attached hydrogen (secondary N) is 2. The maximum Gasteiger partial charge on any atom is 0.238 e. The lowest BCUT2D eigenvalue weighted by Gasteiger charge is -2.18. The summed E-state index contributed by atoms with van der Waals surface area (Å²) in [6.07, 6.45) is 1.82. The topological polar surface area (TPSA) is 41.1 Å². The van der Waals surface area contributed by atoms with Crippen molar-refractivity contribution in [3.05, 3.63) is 62.3 Å². The van der Waals surface area contributed by atoms with Crippen molar-refractivity contribution in [2.24, 2.45) is 0 Å². The quantitative estimate of drug-likeness (QED) is 0.690. The number of carbonyl (C=O) groups is 1. The molecule has 1 aliphatic carbocycles. The highest BCUT2D eigenvalue weighted by Gasteiger charge is 2.44. The third-order valence-electron chi connectivity index (χ3n) is 4.01. The molecule has 0 aromatic heterocycles. The molecular formula is C17H14BrCl2FN2O. The minimum Gasteiger partial charge on any atom is -0.322 e. The second-order valence-electron chi connectivity index (χ2n) is 5.74. The van der Waals surface area contributed by atoms with Crippen LogP contribution in [0.2, 0.25) is 10.0 Å². The summed E-state index contributed by atoms with van der Waals surface area (Å²) in [5.74, 6) is -0.786. The Kier molecular flexibility index (Phi) is 5.16. The predicted octanol–water partition coefficient (Wildman–Crippen LogP) is 5.11. The molecule has 0 unspecified atom stereocenters. The SMILES string of the molecule is O=C(CNC1(c2ccc(Cl)c(Cl)c2)CC1)Nc1ccc(Br)cc1F. The number of hydrogen-bond donors (Lipinski definition) is 2. The predicted molar refractivity (Wildman–Crippen MR) is 98.1 cm³/mol. The van der Waals surface area contributed by atoms with Gasteiger partial charge in [-0.05, 0) is 48.7 Å². The Hall–Kier alpha value is -1.14. The van der Waals surface area contributed by atoms with Crippen molar-refractivity contribution >= 4 is 50.7 Å². The number of carbonyl (C=O) groups excluding carboxylic acids is 1. The van der Waals surface area contributed by atoms with E-state index in [0.29, 0.717) is 14.5 Å². The Bertz CT molecular complexity index is 796. The van der Waals surface area contributed by atoms with Crippen molar-refractivity contribution in [2.45, 2.75) is 18.4 Å². The first-order chi connectivity index (χ1) is 11.4. The third kappa shape index (κ3) is 3.91. The van der Waals surface area contributed by atoms with E-state index in [-0.39, 0.29) is 23.7 Å². The lowest BCUT2D eigenvalue weighted by atomic mass is 10.1. The molecule has 0 saturated heterocycles. The Labute approximate surface area is 157 Å². The number of amides is 1. The van der Waals surface area contributed by atoms with Gasteiger partial charge in [0, 0.05) is 10.0 Å². The van der Waals surface area contributed by atoms with Crippen LogP contribution in [0, 0.1) is 5.82 Å². The van der Waals surface area contributed by atoms with Crippen LogP contribution in [0.4, 0.5) is 10.1 Å². The number of benzene rings is 2. The molecule has 3 rings (SSSR count). The van der Waals surface area contributed by atoms with E-state index in [0.717, 1.165) is 18.4 Å². The largest absolute Gasteiger partial charge is 0.322 e. The smallest absolute Gasteiger partial charge is 0.238 e. The molecule has 0 spiro atoms. The number of rotatable bonds is 5. The highest BCUT2D eigenvalue weighted by Crippen LogP contribution is 2.46. The van der Waals surface area contributed by atoms with Crippen LogP contribution in [0.3, 0.4) is 0 Å². The minimum absolute atomic E-state index is 0.0791. The number of anilines is 1. The Balaban J connectivity index is 1.62. The van der Waals surface area contributed by atoms with E-state index in [9.17, 15) is 9.18 Å². The van der Waals surface area contributed by atoms with Gasteiger partial charge in [0.1, 0.15) is 5.82 Å². The van der Waals surface area contributed by atoms with E-state index < -0.39 is 5.82 Å². The van der Waals surface area contributed by atoms with Gasteiger partial charge in [-0.25, -0.2) is 4.39 Å². The fourth-order valence-electron chi connectivity index (χ4n) is 2.52. The van der Waals surface area contributed by atoms with Crippen molar-refractivity contribution in [3.63, 3.8) is 0 Å². The van der Waals surface area contributed by atoms with Crippen LogP contribution >= 0.6 is 39.1 Å². The van der Waals surface area contributed by atoms with Gasteiger partial charge in [-0.2, -0.15) is 0 Å². The lowest BCUT2D eigenvalue weighted by Crippen LogP contribution is -2.36. The van der Waals surface area contributed by atoms with Gasteiger partial charge in [0.25, 0.3) is 0 Å². The van der Waals surface area contributed by atoms with E-state index in [2.05, 4.69) is 26.6 Å². The Morgan fingerprint density at radius 2 is 1.92 bits per heavy atom. The second-order valence-corrected chi connectivity index (χ2v) is 7.47. The summed E-state index contributed by atoms with van der Waals surface area (Å²) in [5.41, 5.74) is 0.896. The van der Waals surface area contributed by atoms with E-state index in [1.54, 1.807) is 12.1 Å². The molecule has 0 atom stereocenters. The molecule has 24 heavy (non-hydrogen) atoms. The van der Waals surface area contributed by atoms with Crippen molar-refractivity contribution < 1.29 is 9.18 Å². The van der Waals surface area contributed by atoms with Gasteiger partial charge in [-0.15, -0.1) is 0 Å². The van der Waals surface area contributed by atoms with Gasteiger partial charge in [0.15, 0.2) is 0 Å². The van der Waals surface area contributed by atoms with E-state index >= 15 is 0 Å². The third-order valence-corrected chi connectivity index (χ3v) is 5.25. The average Bonchev–Trinajstić information content (AvgIpc) is 3.32. The zero-order valence-electron chi connectivity index (χ0n) is 12.5. The van der Waals surface area contributed by atoms with Crippen LogP contribution < -0.4 is 10.6 Å². The van der Waals surface area contributed by atoms with E-state index in [1.165, 1.54) is 12.1 Å². The first kappa shape index (κ1) is 17.7. The second kappa shape index (κ2) is 7.00. The van der Waals surface area contributed by atoms with Gasteiger partial charge in [0.05, 0.1) is 22.3 Å². The molecule has 0 bridgehead atoms. The minimum atomic E-state index is -0.483. The van der Waals surface area contributed by atoms with Crippen LogP contribution in [-0.4, -0.2) is 12.5 Å². The Morgan fingerprint density at radius 3 is 2.54 bits per heavy atom. The van der Waals surface area contributed by atoms with Gasteiger partial charge >= 0.3 is 0 Å². The molecule has 0 aliphatic heterocycles. The van der Waals surface area contributed by atoms with Crippen molar-refractivity contribution in [1.82, 2.24) is 5.32 Å². The summed E-state index contributed by atoms with van der Waals surface area (Å²) in [7, 11) is 0. The first-order valence-corrected chi connectivity index (χ1v) is 8.90. The molecule has 2 aromatic rings. The van der Waals surface area contributed by atoms with Gasteiger partial charge in [-0.3, -0.25) is 10.1 Å².